The summed E-state index contributed by atoms with van der Waals surface area (Å²) in [6.45, 7) is 5.39. The highest BCUT2D eigenvalue weighted by atomic mass is 35.5. The van der Waals surface area contributed by atoms with Crippen molar-refractivity contribution in [3.63, 3.8) is 0 Å². The Morgan fingerprint density at radius 3 is 2.11 bits per heavy atom. The number of hydrogen-bond donors (Lipinski definition) is 1. The molecule has 0 aliphatic carbocycles. The van der Waals surface area contributed by atoms with Crippen LogP contribution in [0.5, 0.6) is 0 Å². The summed E-state index contributed by atoms with van der Waals surface area (Å²) in [4.78, 5) is 28.8. The van der Waals surface area contributed by atoms with Gasteiger partial charge in [0.05, 0.1) is 11.9 Å². The zero-order valence-electron chi connectivity index (χ0n) is 22.1. The van der Waals surface area contributed by atoms with Crippen LogP contribution in [0.15, 0.2) is 72.8 Å². The molecule has 7 nitrogen and oxygen atoms in total. The second kappa shape index (κ2) is 12.9. The monoisotopic (exact) mass is 555 g/mol. The maximum absolute atomic E-state index is 14.0. The number of halogens is 1. The third kappa shape index (κ3) is 7.36. The molecule has 202 valence electrons. The van der Waals surface area contributed by atoms with Gasteiger partial charge in [-0.2, -0.15) is 0 Å². The van der Waals surface area contributed by atoms with Gasteiger partial charge in [0.2, 0.25) is 21.8 Å². The van der Waals surface area contributed by atoms with E-state index in [0.29, 0.717) is 22.8 Å². The zero-order valence-corrected chi connectivity index (χ0v) is 23.7. The van der Waals surface area contributed by atoms with Crippen molar-refractivity contribution in [3.05, 3.63) is 100 Å². The number of aryl methyl sites for hydroxylation is 2. The summed E-state index contributed by atoms with van der Waals surface area (Å²) >= 11 is 6.45. The van der Waals surface area contributed by atoms with Gasteiger partial charge < -0.3 is 10.2 Å². The van der Waals surface area contributed by atoms with E-state index >= 15 is 0 Å². The molecule has 3 aromatic rings. The van der Waals surface area contributed by atoms with Crippen molar-refractivity contribution < 1.29 is 18.0 Å². The molecule has 0 bridgehead atoms. The van der Waals surface area contributed by atoms with E-state index in [4.69, 9.17) is 11.6 Å². The van der Waals surface area contributed by atoms with E-state index in [9.17, 15) is 18.0 Å². The van der Waals surface area contributed by atoms with E-state index in [1.807, 2.05) is 49.4 Å². The number of nitrogens with zero attached hydrogens (tertiary/aromatic N) is 2. The highest BCUT2D eigenvalue weighted by molar-refractivity contribution is 7.92. The number of sulfonamides is 1. The minimum absolute atomic E-state index is 0.0392. The predicted molar refractivity (Wildman–Crippen MR) is 153 cm³/mol. The van der Waals surface area contributed by atoms with Crippen LogP contribution in [0.2, 0.25) is 5.02 Å². The quantitative estimate of drug-likeness (QED) is 0.377. The van der Waals surface area contributed by atoms with Crippen molar-refractivity contribution in [3.8, 4) is 0 Å². The van der Waals surface area contributed by atoms with Crippen LogP contribution in [0.4, 0.5) is 5.69 Å². The van der Waals surface area contributed by atoms with Gasteiger partial charge in [0.1, 0.15) is 12.6 Å². The molecule has 0 aromatic heterocycles. The minimum Gasteiger partial charge on any atom is -0.355 e. The number of carbonyl (C=O) groups is 2. The summed E-state index contributed by atoms with van der Waals surface area (Å²) in [6.07, 6.45) is 1.33. The van der Waals surface area contributed by atoms with Gasteiger partial charge >= 0.3 is 0 Å². The van der Waals surface area contributed by atoms with Gasteiger partial charge in [0.25, 0.3) is 0 Å². The molecule has 0 radical (unpaired) electrons. The van der Waals surface area contributed by atoms with E-state index in [-0.39, 0.29) is 18.9 Å². The van der Waals surface area contributed by atoms with Gasteiger partial charge in [-0.15, -0.1) is 0 Å². The number of carbonyl (C=O) groups excluding carboxylic acids is 2. The van der Waals surface area contributed by atoms with Crippen LogP contribution in [0.25, 0.3) is 0 Å². The third-order valence-corrected chi connectivity index (χ3v) is 7.77. The molecule has 3 rings (SSSR count). The van der Waals surface area contributed by atoms with Gasteiger partial charge in [-0.1, -0.05) is 78.3 Å². The number of amides is 2. The lowest BCUT2D eigenvalue weighted by atomic mass is 10.0. The number of para-hydroxylation sites is 1. The number of hydrogen-bond acceptors (Lipinski definition) is 4. The topological polar surface area (TPSA) is 86.8 Å². The van der Waals surface area contributed by atoms with Crippen LogP contribution in [0.3, 0.4) is 0 Å². The number of benzene rings is 3. The minimum atomic E-state index is -3.83. The summed E-state index contributed by atoms with van der Waals surface area (Å²) in [5.41, 5.74) is 3.44. The molecular weight excluding hydrogens is 522 g/mol. The molecule has 0 aliphatic heterocycles. The molecule has 0 saturated carbocycles. The lowest BCUT2D eigenvalue weighted by molar-refractivity contribution is -0.140. The van der Waals surface area contributed by atoms with Crippen LogP contribution in [0.1, 0.15) is 29.2 Å². The standard InChI is InChI=1S/C29H34ClN3O4S/c1-5-31-29(35)26(18-23-14-7-6-8-15-23)32(19-24-16-9-10-17-25(24)30)27(34)20-33(38(4,36)37)28-21(2)12-11-13-22(28)3/h6-17,26H,5,18-20H2,1-4H3,(H,31,35)/t26-/m1/s1. The van der Waals surface area contributed by atoms with E-state index < -0.39 is 28.5 Å². The Morgan fingerprint density at radius 1 is 0.921 bits per heavy atom. The number of likely N-dealkylation sites (N-methyl/N-ethyl adjacent to an activating group) is 1. The maximum Gasteiger partial charge on any atom is 0.244 e. The first-order chi connectivity index (χ1) is 18.0. The van der Waals surface area contributed by atoms with E-state index in [2.05, 4.69) is 5.32 Å². The molecule has 1 atom stereocenters. The summed E-state index contributed by atoms with van der Waals surface area (Å²) < 4.78 is 27.0. The molecule has 9 heteroatoms. The Balaban J connectivity index is 2.09. The lowest BCUT2D eigenvalue weighted by Gasteiger charge is -2.34. The first kappa shape index (κ1) is 29.2. The first-order valence-corrected chi connectivity index (χ1v) is 14.6. The van der Waals surface area contributed by atoms with Crippen LogP contribution in [-0.4, -0.2) is 50.5 Å². The number of rotatable bonds is 11. The lowest BCUT2D eigenvalue weighted by Crippen LogP contribution is -2.53. The fourth-order valence-electron chi connectivity index (χ4n) is 4.43. The van der Waals surface area contributed by atoms with Crippen molar-refractivity contribution in [2.24, 2.45) is 0 Å². The highest BCUT2D eigenvalue weighted by Crippen LogP contribution is 2.28. The highest BCUT2D eigenvalue weighted by Gasteiger charge is 2.33. The Hall–Kier alpha value is -3.36. The van der Waals surface area contributed by atoms with Crippen molar-refractivity contribution in [1.82, 2.24) is 10.2 Å². The van der Waals surface area contributed by atoms with Gasteiger partial charge in [-0.05, 0) is 49.1 Å². The average Bonchev–Trinajstić information content (AvgIpc) is 2.86. The average molecular weight is 556 g/mol. The largest absolute Gasteiger partial charge is 0.355 e. The molecule has 0 spiro atoms. The molecule has 0 aliphatic rings. The molecule has 0 unspecified atom stereocenters. The van der Waals surface area contributed by atoms with Crippen LogP contribution < -0.4 is 9.62 Å². The Labute approximate surface area is 230 Å². The van der Waals surface area contributed by atoms with E-state index in [0.717, 1.165) is 27.3 Å². The molecule has 1 N–H and O–H groups in total. The summed E-state index contributed by atoms with van der Waals surface area (Å²) in [7, 11) is -3.83. The normalized spacial score (nSPS) is 12.0. The second-order valence-corrected chi connectivity index (χ2v) is 11.5. The fourth-order valence-corrected chi connectivity index (χ4v) is 5.59. The Kier molecular flexibility index (Phi) is 9.94. The van der Waals surface area contributed by atoms with Crippen LogP contribution in [0, 0.1) is 13.8 Å². The van der Waals surface area contributed by atoms with Crippen molar-refractivity contribution in [2.45, 2.75) is 39.8 Å². The van der Waals surface area contributed by atoms with Crippen molar-refractivity contribution in [1.29, 1.82) is 0 Å². The van der Waals surface area contributed by atoms with Crippen molar-refractivity contribution >= 4 is 39.1 Å². The third-order valence-electron chi connectivity index (χ3n) is 6.29. The second-order valence-electron chi connectivity index (χ2n) is 9.22. The summed E-state index contributed by atoms with van der Waals surface area (Å²) in [5, 5.41) is 3.29. The van der Waals surface area contributed by atoms with Crippen LogP contribution in [-0.2, 0) is 32.6 Å². The molecule has 0 saturated heterocycles. The molecule has 38 heavy (non-hydrogen) atoms. The SMILES string of the molecule is CCNC(=O)[C@@H](Cc1ccccc1)N(Cc1ccccc1Cl)C(=O)CN(c1c(C)cccc1C)S(C)(=O)=O. The zero-order chi connectivity index (χ0) is 27.9. The molecule has 0 heterocycles. The molecular formula is C29H34ClN3O4S. The maximum atomic E-state index is 14.0. The summed E-state index contributed by atoms with van der Waals surface area (Å²) in [5.74, 6) is -0.833. The van der Waals surface area contributed by atoms with Gasteiger partial charge in [0, 0.05) is 24.5 Å². The Bertz CT molecular complexity index is 1360. The number of nitrogens with one attached hydrogen (secondary N) is 1. The van der Waals surface area contributed by atoms with Gasteiger partial charge in [-0.3, -0.25) is 13.9 Å². The molecule has 2 amide bonds. The van der Waals surface area contributed by atoms with Crippen LogP contribution >= 0.6 is 11.6 Å². The fraction of sp³-hybridized carbons (Fsp3) is 0.310. The number of anilines is 1. The summed E-state index contributed by atoms with van der Waals surface area (Å²) in [6, 6.07) is 21.1. The molecule has 3 aromatic carbocycles. The smallest absolute Gasteiger partial charge is 0.244 e. The van der Waals surface area contributed by atoms with E-state index in [1.165, 1.54) is 4.90 Å². The first-order valence-electron chi connectivity index (χ1n) is 12.4. The van der Waals surface area contributed by atoms with Gasteiger partial charge in [-0.25, -0.2) is 8.42 Å². The Morgan fingerprint density at radius 2 is 1.53 bits per heavy atom. The van der Waals surface area contributed by atoms with Gasteiger partial charge in [0.15, 0.2) is 0 Å². The predicted octanol–water partition coefficient (Wildman–Crippen LogP) is 4.50. The molecule has 0 fully saturated rings. The van der Waals surface area contributed by atoms with E-state index in [1.54, 1.807) is 44.2 Å². The van der Waals surface area contributed by atoms with Crippen molar-refractivity contribution in [2.75, 3.05) is 23.7 Å².